The number of ether oxygens (including phenoxy) is 1. The molecule has 1 aromatic carbocycles. The number of fused-ring (bicyclic) bond motifs is 1. The number of benzene rings is 1. The van der Waals surface area contributed by atoms with Gasteiger partial charge in [0.1, 0.15) is 6.04 Å². The first-order valence-corrected chi connectivity index (χ1v) is 9.58. The summed E-state index contributed by atoms with van der Waals surface area (Å²) >= 11 is 0. The number of hydrogen-bond acceptors (Lipinski definition) is 5. The van der Waals surface area contributed by atoms with Crippen LogP contribution >= 0.6 is 0 Å². The molecule has 2 aliphatic heterocycles. The Morgan fingerprint density at radius 3 is 2.76 bits per heavy atom. The Bertz CT molecular complexity index is 792. The summed E-state index contributed by atoms with van der Waals surface area (Å²) < 4.78 is 32.3. The van der Waals surface area contributed by atoms with E-state index in [0.717, 1.165) is 17.5 Å². The molecule has 8 nitrogen and oxygen atoms in total. The molecule has 0 radical (unpaired) electrons. The maximum atomic E-state index is 12.4. The standard InChI is InChI=1S/C16H20N2O6S/c19-15(18-6-2-1-3-14(18)16(20)21)8-17-25(22,23)13-5-4-11-9-24-10-12(11)7-13/h4-5,7,14,17H,1-3,6,8-10H2,(H,20,21). The molecule has 2 aliphatic rings. The first-order valence-electron chi connectivity index (χ1n) is 8.10. The summed E-state index contributed by atoms with van der Waals surface area (Å²) in [5.74, 6) is -1.59. The molecule has 136 valence electrons. The highest BCUT2D eigenvalue weighted by molar-refractivity contribution is 7.89. The molecule has 0 aromatic heterocycles. The van der Waals surface area contributed by atoms with Gasteiger partial charge in [-0.15, -0.1) is 0 Å². The zero-order chi connectivity index (χ0) is 18.0. The Kier molecular flexibility index (Phi) is 5.07. The molecule has 3 rings (SSSR count). The van der Waals surface area contributed by atoms with E-state index in [0.29, 0.717) is 32.6 Å². The van der Waals surface area contributed by atoms with Gasteiger partial charge >= 0.3 is 5.97 Å². The van der Waals surface area contributed by atoms with E-state index >= 15 is 0 Å². The number of nitrogens with one attached hydrogen (secondary N) is 1. The van der Waals surface area contributed by atoms with Crippen molar-refractivity contribution in [1.29, 1.82) is 0 Å². The van der Waals surface area contributed by atoms with Gasteiger partial charge in [-0.05, 0) is 42.5 Å². The zero-order valence-corrected chi connectivity index (χ0v) is 14.4. The normalized spacial score (nSPS) is 20.3. The van der Waals surface area contributed by atoms with Crippen molar-refractivity contribution in [2.45, 2.75) is 43.4 Å². The first-order chi connectivity index (χ1) is 11.9. The number of amides is 1. The third-order valence-corrected chi connectivity index (χ3v) is 5.92. The molecular formula is C16H20N2O6S. The minimum Gasteiger partial charge on any atom is -0.480 e. The van der Waals surface area contributed by atoms with E-state index in [4.69, 9.17) is 4.74 Å². The summed E-state index contributed by atoms with van der Waals surface area (Å²) in [6, 6.07) is 3.82. The van der Waals surface area contributed by atoms with Crippen LogP contribution in [0, 0.1) is 0 Å². The third kappa shape index (κ3) is 3.83. The molecular weight excluding hydrogens is 348 g/mol. The molecule has 1 fully saturated rings. The largest absolute Gasteiger partial charge is 0.480 e. The van der Waals surface area contributed by atoms with E-state index in [-0.39, 0.29) is 4.90 Å². The fourth-order valence-electron chi connectivity index (χ4n) is 3.14. The topological polar surface area (TPSA) is 113 Å². The predicted molar refractivity (Wildman–Crippen MR) is 87.1 cm³/mol. The monoisotopic (exact) mass is 368 g/mol. The Balaban J connectivity index is 1.67. The van der Waals surface area contributed by atoms with Crippen LogP contribution in [0.2, 0.25) is 0 Å². The van der Waals surface area contributed by atoms with Crippen molar-refractivity contribution in [3.8, 4) is 0 Å². The molecule has 1 amide bonds. The molecule has 0 saturated carbocycles. The van der Waals surface area contributed by atoms with Gasteiger partial charge in [0.25, 0.3) is 0 Å². The number of carboxylic acid groups (broad SMARTS) is 1. The van der Waals surface area contributed by atoms with Crippen molar-refractivity contribution in [2.24, 2.45) is 0 Å². The van der Waals surface area contributed by atoms with Gasteiger partial charge in [0.05, 0.1) is 24.7 Å². The molecule has 2 heterocycles. The van der Waals surface area contributed by atoms with Gasteiger partial charge in [-0.2, -0.15) is 0 Å². The summed E-state index contributed by atoms with van der Waals surface area (Å²) in [7, 11) is -3.85. The number of rotatable bonds is 5. The molecule has 1 unspecified atom stereocenters. The lowest BCUT2D eigenvalue weighted by Gasteiger charge is -2.33. The molecule has 9 heteroatoms. The molecule has 25 heavy (non-hydrogen) atoms. The van der Waals surface area contributed by atoms with Crippen molar-refractivity contribution in [3.05, 3.63) is 29.3 Å². The molecule has 1 aromatic rings. The second-order valence-electron chi connectivity index (χ2n) is 6.18. The highest BCUT2D eigenvalue weighted by Crippen LogP contribution is 2.23. The lowest BCUT2D eigenvalue weighted by atomic mass is 10.0. The van der Waals surface area contributed by atoms with E-state index in [1.807, 2.05) is 0 Å². The molecule has 0 bridgehead atoms. The molecule has 2 N–H and O–H groups in total. The average molecular weight is 368 g/mol. The highest BCUT2D eigenvalue weighted by Gasteiger charge is 2.32. The summed E-state index contributed by atoms with van der Waals surface area (Å²) in [5, 5.41) is 9.21. The molecule has 1 saturated heterocycles. The van der Waals surface area contributed by atoms with Crippen LogP contribution in [0.3, 0.4) is 0 Å². The van der Waals surface area contributed by atoms with Crippen molar-refractivity contribution in [2.75, 3.05) is 13.1 Å². The fraction of sp³-hybridized carbons (Fsp3) is 0.500. The lowest BCUT2D eigenvalue weighted by molar-refractivity contribution is -0.151. The average Bonchev–Trinajstić information content (AvgIpc) is 3.07. The van der Waals surface area contributed by atoms with Crippen LogP contribution in [0.25, 0.3) is 0 Å². The van der Waals surface area contributed by atoms with Gasteiger partial charge < -0.3 is 14.7 Å². The van der Waals surface area contributed by atoms with E-state index in [1.165, 1.54) is 17.0 Å². The number of likely N-dealkylation sites (tertiary alicyclic amines) is 1. The number of carbonyl (C=O) groups excluding carboxylic acids is 1. The number of nitrogens with zero attached hydrogens (tertiary/aromatic N) is 1. The Labute approximate surface area is 145 Å². The maximum Gasteiger partial charge on any atom is 0.326 e. The Hall–Kier alpha value is -1.97. The summed E-state index contributed by atoms with van der Waals surface area (Å²) in [4.78, 5) is 24.9. The van der Waals surface area contributed by atoms with Crippen LogP contribution in [-0.2, 0) is 37.6 Å². The van der Waals surface area contributed by atoms with Crippen LogP contribution in [-0.4, -0.2) is 49.4 Å². The summed E-state index contributed by atoms with van der Waals surface area (Å²) in [5.41, 5.74) is 1.77. The van der Waals surface area contributed by atoms with Crippen molar-refractivity contribution in [3.63, 3.8) is 0 Å². The number of carbonyl (C=O) groups is 2. The molecule has 0 spiro atoms. The van der Waals surface area contributed by atoms with Gasteiger partial charge in [0, 0.05) is 6.54 Å². The lowest BCUT2D eigenvalue weighted by Crippen LogP contribution is -2.51. The van der Waals surface area contributed by atoms with E-state index < -0.39 is 34.5 Å². The van der Waals surface area contributed by atoms with Crippen LogP contribution in [0.4, 0.5) is 0 Å². The molecule has 1 atom stereocenters. The van der Waals surface area contributed by atoms with Crippen LogP contribution in [0.1, 0.15) is 30.4 Å². The van der Waals surface area contributed by atoms with Gasteiger partial charge in [0.2, 0.25) is 15.9 Å². The number of piperidine rings is 1. The van der Waals surface area contributed by atoms with Crippen LogP contribution in [0.15, 0.2) is 23.1 Å². The minimum absolute atomic E-state index is 0.0676. The second kappa shape index (κ2) is 7.11. The SMILES string of the molecule is O=C(O)C1CCCCN1C(=O)CNS(=O)(=O)c1ccc2c(c1)COC2. The predicted octanol–water partition coefficient (Wildman–Crippen LogP) is 0.461. The smallest absolute Gasteiger partial charge is 0.326 e. The van der Waals surface area contributed by atoms with Gasteiger partial charge in [-0.25, -0.2) is 17.9 Å². The van der Waals surface area contributed by atoms with Crippen molar-refractivity contribution in [1.82, 2.24) is 9.62 Å². The fourth-order valence-corrected chi connectivity index (χ4v) is 4.17. The summed E-state index contributed by atoms with van der Waals surface area (Å²) in [6.45, 7) is 0.701. The maximum absolute atomic E-state index is 12.4. The van der Waals surface area contributed by atoms with E-state index in [2.05, 4.69) is 4.72 Å². The van der Waals surface area contributed by atoms with Crippen molar-refractivity contribution >= 4 is 21.9 Å². The molecule has 0 aliphatic carbocycles. The highest BCUT2D eigenvalue weighted by atomic mass is 32.2. The summed E-state index contributed by atoms with van der Waals surface area (Å²) in [6.07, 6.45) is 1.84. The van der Waals surface area contributed by atoms with Gasteiger partial charge in [-0.3, -0.25) is 4.79 Å². The van der Waals surface area contributed by atoms with E-state index in [9.17, 15) is 23.1 Å². The number of hydrogen-bond donors (Lipinski definition) is 2. The van der Waals surface area contributed by atoms with Crippen LogP contribution in [0.5, 0.6) is 0 Å². The second-order valence-corrected chi connectivity index (χ2v) is 7.95. The number of carboxylic acids is 1. The number of aliphatic carboxylic acids is 1. The van der Waals surface area contributed by atoms with Crippen molar-refractivity contribution < 1.29 is 27.9 Å². The number of sulfonamides is 1. The Morgan fingerprint density at radius 2 is 2.00 bits per heavy atom. The minimum atomic E-state index is -3.85. The quantitative estimate of drug-likeness (QED) is 0.781. The zero-order valence-electron chi connectivity index (χ0n) is 13.6. The van der Waals surface area contributed by atoms with Crippen LogP contribution < -0.4 is 4.72 Å². The van der Waals surface area contributed by atoms with Gasteiger partial charge in [-0.1, -0.05) is 6.07 Å². The third-order valence-electron chi connectivity index (χ3n) is 4.52. The van der Waals surface area contributed by atoms with Gasteiger partial charge in [0.15, 0.2) is 0 Å². The Morgan fingerprint density at radius 1 is 1.24 bits per heavy atom. The van der Waals surface area contributed by atoms with E-state index in [1.54, 1.807) is 6.07 Å². The first kappa shape index (κ1) is 17.8.